The molecule has 2 heterocycles. The minimum absolute atomic E-state index is 0.0168. The van der Waals surface area contributed by atoms with E-state index in [0.717, 1.165) is 25.6 Å². The Hall–Kier alpha value is -2.51. The fourth-order valence-corrected chi connectivity index (χ4v) is 4.38. The Morgan fingerprint density at radius 2 is 1.88 bits per heavy atom. The van der Waals surface area contributed by atoms with Crippen molar-refractivity contribution in [3.63, 3.8) is 0 Å². The molecule has 4 rings (SSSR count). The SMILES string of the molecule is CS(=O)(=O)c1cccc2nc([C@@H]3CCCN3)n(-c3ccccc3)c(=O)c12. The number of fused-ring (bicyclic) bond motifs is 1. The number of nitrogens with zero attached hydrogens (tertiary/aromatic N) is 2. The van der Waals surface area contributed by atoms with Gasteiger partial charge in [0.15, 0.2) is 9.84 Å². The summed E-state index contributed by atoms with van der Waals surface area (Å²) >= 11 is 0. The summed E-state index contributed by atoms with van der Waals surface area (Å²) in [6.07, 6.45) is 3.01. The summed E-state index contributed by atoms with van der Waals surface area (Å²) in [7, 11) is -3.55. The van der Waals surface area contributed by atoms with Crippen LogP contribution in [0.1, 0.15) is 24.7 Å². The first-order valence-corrected chi connectivity index (χ1v) is 10.4. The molecular formula is C19H19N3O3S. The van der Waals surface area contributed by atoms with Crippen molar-refractivity contribution in [2.24, 2.45) is 0 Å². The molecule has 2 aromatic carbocycles. The van der Waals surface area contributed by atoms with Crippen molar-refractivity contribution in [3.05, 3.63) is 64.7 Å². The Labute approximate surface area is 151 Å². The van der Waals surface area contributed by atoms with Crippen LogP contribution in [0.4, 0.5) is 0 Å². The molecule has 0 unspecified atom stereocenters. The first-order chi connectivity index (χ1) is 12.5. The molecule has 1 atom stereocenters. The van der Waals surface area contributed by atoms with Gasteiger partial charge in [-0.25, -0.2) is 13.4 Å². The number of para-hydroxylation sites is 1. The third-order valence-corrected chi connectivity index (χ3v) is 5.81. The van der Waals surface area contributed by atoms with Gasteiger partial charge in [-0.05, 0) is 43.7 Å². The maximum Gasteiger partial charge on any atom is 0.267 e. The quantitative estimate of drug-likeness (QED) is 0.766. The molecule has 134 valence electrons. The first kappa shape index (κ1) is 16.9. The molecule has 6 nitrogen and oxygen atoms in total. The lowest BCUT2D eigenvalue weighted by Crippen LogP contribution is -2.29. The van der Waals surface area contributed by atoms with E-state index in [4.69, 9.17) is 4.98 Å². The molecule has 0 spiro atoms. The predicted molar refractivity (Wildman–Crippen MR) is 100 cm³/mol. The van der Waals surface area contributed by atoms with Crippen LogP contribution in [0.5, 0.6) is 0 Å². The highest BCUT2D eigenvalue weighted by Gasteiger charge is 2.25. The van der Waals surface area contributed by atoms with Gasteiger partial charge in [-0.2, -0.15) is 0 Å². The van der Waals surface area contributed by atoms with Gasteiger partial charge in [-0.3, -0.25) is 9.36 Å². The monoisotopic (exact) mass is 369 g/mol. The lowest BCUT2D eigenvalue weighted by Gasteiger charge is -2.19. The molecule has 3 aromatic rings. The standard InChI is InChI=1S/C19H19N3O3S/c1-26(24,25)16-11-5-9-14-17(16)19(23)22(13-7-3-2-4-8-13)18(21-14)15-10-6-12-20-15/h2-5,7-9,11,15,20H,6,10,12H2,1H3/t15-/m0/s1. The number of benzene rings is 2. The Kier molecular flexibility index (Phi) is 4.13. The summed E-state index contributed by atoms with van der Waals surface area (Å²) < 4.78 is 25.9. The molecule has 7 heteroatoms. The smallest absolute Gasteiger partial charge is 0.267 e. The van der Waals surface area contributed by atoms with E-state index in [-0.39, 0.29) is 21.9 Å². The molecule has 1 aromatic heterocycles. The van der Waals surface area contributed by atoms with Crippen LogP contribution in [-0.2, 0) is 9.84 Å². The molecule has 1 aliphatic rings. The van der Waals surface area contributed by atoms with E-state index >= 15 is 0 Å². The van der Waals surface area contributed by atoms with Crippen molar-refractivity contribution in [1.82, 2.24) is 14.9 Å². The Balaban J connectivity index is 2.13. The number of sulfone groups is 1. The van der Waals surface area contributed by atoms with Gasteiger partial charge in [0.2, 0.25) is 0 Å². The molecule has 1 saturated heterocycles. The average molecular weight is 369 g/mol. The minimum Gasteiger partial charge on any atom is -0.307 e. The van der Waals surface area contributed by atoms with E-state index in [0.29, 0.717) is 17.0 Å². The van der Waals surface area contributed by atoms with Crippen LogP contribution >= 0.6 is 0 Å². The highest BCUT2D eigenvalue weighted by Crippen LogP contribution is 2.26. The predicted octanol–water partition coefficient (Wildman–Crippen LogP) is 2.21. The molecule has 0 bridgehead atoms. The van der Waals surface area contributed by atoms with Crippen LogP contribution in [0.2, 0.25) is 0 Å². The van der Waals surface area contributed by atoms with Crippen molar-refractivity contribution >= 4 is 20.7 Å². The number of hydrogen-bond acceptors (Lipinski definition) is 5. The maximum atomic E-state index is 13.4. The normalized spacial score (nSPS) is 17.7. The second kappa shape index (κ2) is 6.34. The second-order valence-corrected chi connectivity index (χ2v) is 8.50. The van der Waals surface area contributed by atoms with Gasteiger partial charge in [0.1, 0.15) is 5.82 Å². The molecule has 0 saturated carbocycles. The number of hydrogen-bond donors (Lipinski definition) is 1. The highest BCUT2D eigenvalue weighted by molar-refractivity contribution is 7.91. The Morgan fingerprint density at radius 3 is 2.54 bits per heavy atom. The summed E-state index contributed by atoms with van der Waals surface area (Å²) in [6.45, 7) is 0.872. The second-order valence-electron chi connectivity index (χ2n) is 6.52. The molecule has 26 heavy (non-hydrogen) atoms. The van der Waals surface area contributed by atoms with Crippen LogP contribution in [0.3, 0.4) is 0 Å². The average Bonchev–Trinajstić information content (AvgIpc) is 3.15. The van der Waals surface area contributed by atoms with Crippen LogP contribution < -0.4 is 10.9 Å². The largest absolute Gasteiger partial charge is 0.307 e. The number of aromatic nitrogens is 2. The van der Waals surface area contributed by atoms with Crippen molar-refractivity contribution in [2.75, 3.05) is 12.8 Å². The number of rotatable bonds is 3. The van der Waals surface area contributed by atoms with E-state index in [1.54, 1.807) is 16.7 Å². The molecular weight excluding hydrogens is 350 g/mol. The molecule has 0 aliphatic carbocycles. The van der Waals surface area contributed by atoms with Gasteiger partial charge in [0.25, 0.3) is 5.56 Å². The molecule has 0 amide bonds. The molecule has 1 aliphatic heterocycles. The van der Waals surface area contributed by atoms with E-state index in [9.17, 15) is 13.2 Å². The fourth-order valence-electron chi connectivity index (χ4n) is 3.49. The first-order valence-electron chi connectivity index (χ1n) is 8.51. The van der Waals surface area contributed by atoms with Crippen molar-refractivity contribution < 1.29 is 8.42 Å². The summed E-state index contributed by atoms with van der Waals surface area (Å²) in [5.74, 6) is 0.622. The zero-order valence-electron chi connectivity index (χ0n) is 14.3. The highest BCUT2D eigenvalue weighted by atomic mass is 32.2. The summed E-state index contributed by atoms with van der Waals surface area (Å²) in [5, 5.41) is 3.52. The fraction of sp³-hybridized carbons (Fsp3) is 0.263. The van der Waals surface area contributed by atoms with Crippen molar-refractivity contribution in [1.29, 1.82) is 0 Å². The lowest BCUT2D eigenvalue weighted by molar-refractivity contribution is 0.583. The van der Waals surface area contributed by atoms with E-state index in [1.165, 1.54) is 6.07 Å². The van der Waals surface area contributed by atoms with Gasteiger partial charge < -0.3 is 5.32 Å². The van der Waals surface area contributed by atoms with Crippen molar-refractivity contribution in [3.8, 4) is 5.69 Å². The van der Waals surface area contributed by atoms with Crippen LogP contribution in [-0.4, -0.2) is 30.8 Å². The topological polar surface area (TPSA) is 81.1 Å². The van der Waals surface area contributed by atoms with Crippen LogP contribution in [0.25, 0.3) is 16.6 Å². The Bertz CT molecular complexity index is 1130. The van der Waals surface area contributed by atoms with Gasteiger partial charge in [0.05, 0.1) is 27.5 Å². The van der Waals surface area contributed by atoms with Gasteiger partial charge >= 0.3 is 0 Å². The zero-order valence-corrected chi connectivity index (χ0v) is 15.2. The lowest BCUT2D eigenvalue weighted by atomic mass is 10.1. The maximum absolute atomic E-state index is 13.4. The van der Waals surface area contributed by atoms with Crippen LogP contribution in [0, 0.1) is 0 Å². The Morgan fingerprint density at radius 1 is 1.12 bits per heavy atom. The molecule has 1 fully saturated rings. The van der Waals surface area contributed by atoms with E-state index < -0.39 is 9.84 Å². The van der Waals surface area contributed by atoms with E-state index in [1.807, 2.05) is 30.3 Å². The molecule has 1 N–H and O–H groups in total. The minimum atomic E-state index is -3.55. The third-order valence-electron chi connectivity index (χ3n) is 4.67. The van der Waals surface area contributed by atoms with E-state index in [2.05, 4.69) is 5.32 Å². The number of nitrogens with one attached hydrogen (secondary N) is 1. The summed E-state index contributed by atoms with van der Waals surface area (Å²) in [5.41, 5.74) is 0.735. The van der Waals surface area contributed by atoms with Gasteiger partial charge in [-0.1, -0.05) is 24.3 Å². The van der Waals surface area contributed by atoms with Gasteiger partial charge in [0, 0.05) is 6.26 Å². The van der Waals surface area contributed by atoms with Crippen LogP contribution in [0.15, 0.2) is 58.2 Å². The summed E-state index contributed by atoms with van der Waals surface area (Å²) in [4.78, 5) is 18.1. The summed E-state index contributed by atoms with van der Waals surface area (Å²) in [6, 6.07) is 14.0. The van der Waals surface area contributed by atoms with Gasteiger partial charge in [-0.15, -0.1) is 0 Å². The van der Waals surface area contributed by atoms with Crippen molar-refractivity contribution in [2.45, 2.75) is 23.8 Å². The molecule has 0 radical (unpaired) electrons. The zero-order chi connectivity index (χ0) is 18.3. The third kappa shape index (κ3) is 2.83.